The highest BCUT2D eigenvalue weighted by atomic mass is 35.5. The Morgan fingerprint density at radius 2 is 1.93 bits per heavy atom. The highest BCUT2D eigenvalue weighted by molar-refractivity contribution is 6.30. The number of amides is 1. The van der Waals surface area contributed by atoms with Crippen molar-refractivity contribution >= 4 is 23.5 Å². The minimum atomic E-state index is -0.833. The van der Waals surface area contributed by atoms with Crippen LogP contribution in [0, 0.1) is 11.6 Å². The Kier molecular flexibility index (Phi) is 5.15. The van der Waals surface area contributed by atoms with Gasteiger partial charge in [-0.1, -0.05) is 16.8 Å². The molecule has 0 saturated carbocycles. The molecule has 2 heterocycles. The summed E-state index contributed by atoms with van der Waals surface area (Å²) in [5, 5.41) is 8.48. The summed E-state index contributed by atoms with van der Waals surface area (Å²) in [7, 11) is 1.57. The molecule has 2 aromatic carbocycles. The van der Waals surface area contributed by atoms with Crippen molar-refractivity contribution in [3.63, 3.8) is 0 Å². The van der Waals surface area contributed by atoms with Gasteiger partial charge in [-0.25, -0.2) is 14.2 Å². The smallest absolute Gasteiger partial charge is 0.313 e. The van der Waals surface area contributed by atoms with Gasteiger partial charge in [0.25, 0.3) is 5.91 Å². The number of nitrogens with zero attached hydrogens (tertiary/aromatic N) is 4. The van der Waals surface area contributed by atoms with Crippen LogP contribution in [0.5, 0.6) is 0 Å². The van der Waals surface area contributed by atoms with Gasteiger partial charge in [-0.3, -0.25) is 14.9 Å². The monoisotopic (exact) mass is 430 g/mol. The first-order valence-electron chi connectivity index (χ1n) is 8.56. The van der Waals surface area contributed by atoms with Crippen LogP contribution in [0.2, 0.25) is 5.02 Å². The number of hydrazine groups is 1. The lowest BCUT2D eigenvalue weighted by atomic mass is 10.1. The molecule has 11 heteroatoms. The average Bonchev–Trinajstić information content (AvgIpc) is 3.33. The predicted molar refractivity (Wildman–Crippen MR) is 104 cm³/mol. The fourth-order valence-corrected chi connectivity index (χ4v) is 2.83. The van der Waals surface area contributed by atoms with Crippen molar-refractivity contribution in [3.8, 4) is 22.6 Å². The van der Waals surface area contributed by atoms with Crippen LogP contribution in [-0.2, 0) is 7.05 Å². The third-order valence-corrected chi connectivity index (χ3v) is 4.32. The molecule has 0 aliphatic carbocycles. The van der Waals surface area contributed by atoms with Crippen LogP contribution in [0.1, 0.15) is 10.4 Å². The zero-order chi connectivity index (χ0) is 21.3. The quantitative estimate of drug-likeness (QED) is 0.467. The fourth-order valence-electron chi connectivity index (χ4n) is 2.70. The van der Waals surface area contributed by atoms with E-state index in [0.717, 1.165) is 12.1 Å². The Morgan fingerprint density at radius 3 is 2.67 bits per heavy atom. The van der Waals surface area contributed by atoms with Gasteiger partial charge >= 0.3 is 6.01 Å². The average molecular weight is 431 g/mol. The summed E-state index contributed by atoms with van der Waals surface area (Å²) < 4.78 is 33.7. The predicted octanol–water partition coefficient (Wildman–Crippen LogP) is 3.83. The van der Waals surface area contributed by atoms with Crippen molar-refractivity contribution < 1.29 is 18.1 Å². The van der Waals surface area contributed by atoms with Gasteiger partial charge in [-0.2, -0.15) is 10.1 Å². The van der Waals surface area contributed by atoms with Crippen molar-refractivity contribution in [2.24, 2.45) is 7.05 Å². The number of carbonyl (C=O) groups is 1. The molecule has 4 rings (SSSR count). The van der Waals surface area contributed by atoms with Crippen LogP contribution in [0.25, 0.3) is 22.6 Å². The first kappa shape index (κ1) is 19.5. The maximum Gasteiger partial charge on any atom is 0.340 e. The SMILES string of the molecule is Cn1cc(C(=O)NNc2nc(-c3ccc(Cl)cc3)no2)c(-c2ccc(F)cc2F)n1. The molecule has 0 spiro atoms. The van der Waals surface area contributed by atoms with Crippen LogP contribution in [0.3, 0.4) is 0 Å². The zero-order valence-electron chi connectivity index (χ0n) is 15.4. The van der Waals surface area contributed by atoms with E-state index < -0.39 is 17.5 Å². The van der Waals surface area contributed by atoms with Gasteiger partial charge in [0.05, 0.1) is 5.56 Å². The largest absolute Gasteiger partial charge is 0.340 e. The van der Waals surface area contributed by atoms with E-state index in [2.05, 4.69) is 26.1 Å². The number of aryl methyl sites for hydroxylation is 1. The minimum absolute atomic E-state index is 0.00929. The second-order valence-electron chi connectivity index (χ2n) is 6.20. The van der Waals surface area contributed by atoms with Crippen LogP contribution >= 0.6 is 11.6 Å². The molecule has 2 N–H and O–H groups in total. The summed E-state index contributed by atoms with van der Waals surface area (Å²) in [4.78, 5) is 16.7. The van der Waals surface area contributed by atoms with Crippen molar-refractivity contribution in [3.05, 3.63) is 70.9 Å². The number of aromatic nitrogens is 4. The van der Waals surface area contributed by atoms with Gasteiger partial charge in [0, 0.05) is 35.5 Å². The Bertz CT molecular complexity index is 1220. The van der Waals surface area contributed by atoms with Crippen molar-refractivity contribution in [1.82, 2.24) is 25.3 Å². The molecular weight excluding hydrogens is 418 g/mol. The Balaban J connectivity index is 1.51. The van der Waals surface area contributed by atoms with Gasteiger partial charge in [0.1, 0.15) is 17.3 Å². The number of hydrogen-bond acceptors (Lipinski definition) is 6. The van der Waals surface area contributed by atoms with Gasteiger partial charge < -0.3 is 4.52 Å². The van der Waals surface area contributed by atoms with Crippen LogP contribution < -0.4 is 10.9 Å². The lowest BCUT2D eigenvalue weighted by molar-refractivity contribution is 0.0961. The normalized spacial score (nSPS) is 10.8. The molecule has 0 atom stereocenters. The number of carbonyl (C=O) groups excluding carboxylic acids is 1. The van der Waals surface area contributed by atoms with Crippen molar-refractivity contribution in [2.75, 3.05) is 5.43 Å². The number of anilines is 1. The lowest BCUT2D eigenvalue weighted by Crippen LogP contribution is -2.29. The standard InChI is InChI=1S/C19H13ClF2N6O2/c1-28-9-14(16(26-28)13-7-6-12(21)8-15(13)22)18(29)24-25-19-23-17(27-30-19)10-2-4-11(20)5-3-10/h2-9H,1H3,(H,24,29)(H,23,25,27). The van der Waals surface area contributed by atoms with E-state index in [1.165, 1.54) is 16.9 Å². The van der Waals surface area contributed by atoms with Gasteiger partial charge in [0.2, 0.25) is 5.82 Å². The number of rotatable bonds is 5. The van der Waals surface area contributed by atoms with Gasteiger partial charge in [0.15, 0.2) is 0 Å². The topological polar surface area (TPSA) is 97.9 Å². The molecule has 0 fully saturated rings. The molecule has 1 amide bonds. The summed E-state index contributed by atoms with van der Waals surface area (Å²) >= 11 is 5.85. The van der Waals surface area contributed by atoms with Crippen molar-refractivity contribution in [1.29, 1.82) is 0 Å². The lowest BCUT2D eigenvalue weighted by Gasteiger charge is -2.05. The fraction of sp³-hybridized carbons (Fsp3) is 0.0526. The van der Waals surface area contributed by atoms with Crippen LogP contribution in [-0.4, -0.2) is 25.8 Å². The van der Waals surface area contributed by atoms with E-state index in [9.17, 15) is 13.6 Å². The summed E-state index contributed by atoms with van der Waals surface area (Å²) in [5.74, 6) is -1.90. The number of halogens is 3. The third kappa shape index (κ3) is 3.98. The van der Waals surface area contributed by atoms with E-state index in [1.54, 1.807) is 31.3 Å². The first-order valence-corrected chi connectivity index (χ1v) is 8.93. The van der Waals surface area contributed by atoms with E-state index in [-0.39, 0.29) is 22.8 Å². The van der Waals surface area contributed by atoms with Gasteiger partial charge in [-0.15, -0.1) is 0 Å². The maximum atomic E-state index is 14.2. The molecular formula is C19H13ClF2N6O2. The van der Waals surface area contributed by atoms with E-state index in [0.29, 0.717) is 16.4 Å². The maximum absolute atomic E-state index is 14.2. The molecule has 0 saturated heterocycles. The third-order valence-electron chi connectivity index (χ3n) is 4.07. The minimum Gasteiger partial charge on any atom is -0.313 e. The second kappa shape index (κ2) is 7.91. The van der Waals surface area contributed by atoms with Crippen LogP contribution in [0.4, 0.5) is 14.8 Å². The molecule has 8 nitrogen and oxygen atoms in total. The highest BCUT2D eigenvalue weighted by Crippen LogP contribution is 2.25. The highest BCUT2D eigenvalue weighted by Gasteiger charge is 2.20. The molecule has 0 radical (unpaired) electrons. The molecule has 4 aromatic rings. The second-order valence-corrected chi connectivity index (χ2v) is 6.63. The van der Waals surface area contributed by atoms with E-state index in [4.69, 9.17) is 16.1 Å². The summed E-state index contributed by atoms with van der Waals surface area (Å²) in [6.07, 6.45) is 1.40. The van der Waals surface area contributed by atoms with E-state index in [1.807, 2.05) is 0 Å². The first-order chi connectivity index (χ1) is 14.4. The molecule has 0 unspecified atom stereocenters. The Hall–Kier alpha value is -3.79. The Morgan fingerprint density at radius 1 is 1.17 bits per heavy atom. The molecule has 0 aliphatic heterocycles. The molecule has 152 valence electrons. The molecule has 2 aromatic heterocycles. The van der Waals surface area contributed by atoms with Crippen LogP contribution in [0.15, 0.2) is 53.2 Å². The van der Waals surface area contributed by atoms with E-state index >= 15 is 0 Å². The molecule has 0 bridgehead atoms. The molecule has 30 heavy (non-hydrogen) atoms. The molecule has 0 aliphatic rings. The number of benzene rings is 2. The summed E-state index contributed by atoms with van der Waals surface area (Å²) in [6, 6.07) is 9.76. The summed E-state index contributed by atoms with van der Waals surface area (Å²) in [5.41, 5.74) is 5.67. The van der Waals surface area contributed by atoms with Crippen molar-refractivity contribution in [2.45, 2.75) is 0 Å². The number of hydrogen-bond donors (Lipinski definition) is 2. The summed E-state index contributed by atoms with van der Waals surface area (Å²) in [6.45, 7) is 0. The van der Waals surface area contributed by atoms with Gasteiger partial charge in [-0.05, 0) is 36.4 Å². The number of nitrogens with one attached hydrogen (secondary N) is 2. The Labute approximate surface area is 173 Å². The zero-order valence-corrected chi connectivity index (χ0v) is 16.1.